The van der Waals surface area contributed by atoms with Crippen LogP contribution in [0.1, 0.15) is 29.7 Å². The van der Waals surface area contributed by atoms with E-state index in [-0.39, 0.29) is 16.7 Å². The number of nitrogens with one attached hydrogen (secondary N) is 1. The van der Waals surface area contributed by atoms with Crippen molar-refractivity contribution in [3.63, 3.8) is 0 Å². The Morgan fingerprint density at radius 2 is 1.90 bits per heavy atom. The Labute approximate surface area is 128 Å². The maximum atomic E-state index is 10.9. The lowest BCUT2D eigenvalue weighted by molar-refractivity contribution is -0.385. The highest BCUT2D eigenvalue weighted by molar-refractivity contribution is 6.30. The second kappa shape index (κ2) is 6.70. The van der Waals surface area contributed by atoms with Crippen LogP contribution in [0.15, 0.2) is 42.5 Å². The second-order valence-corrected chi connectivity index (χ2v) is 5.47. The molecule has 0 bridgehead atoms. The van der Waals surface area contributed by atoms with E-state index in [0.717, 1.165) is 11.1 Å². The molecule has 0 aromatic heterocycles. The molecule has 0 radical (unpaired) electrons. The van der Waals surface area contributed by atoms with Crippen molar-refractivity contribution in [1.29, 1.82) is 0 Å². The third-order valence-electron chi connectivity index (χ3n) is 3.45. The van der Waals surface area contributed by atoms with Crippen molar-refractivity contribution in [2.45, 2.75) is 26.4 Å². The predicted octanol–water partition coefficient (Wildman–Crippen LogP) is 4.41. The normalized spacial score (nSPS) is 12.1. The van der Waals surface area contributed by atoms with Crippen molar-refractivity contribution >= 4 is 17.3 Å². The molecule has 0 spiro atoms. The molecule has 0 aliphatic heterocycles. The Balaban J connectivity index is 2.04. The molecule has 4 nitrogen and oxygen atoms in total. The van der Waals surface area contributed by atoms with Crippen molar-refractivity contribution in [2.75, 3.05) is 0 Å². The Morgan fingerprint density at radius 1 is 1.24 bits per heavy atom. The highest BCUT2D eigenvalue weighted by atomic mass is 35.5. The molecule has 2 aromatic rings. The van der Waals surface area contributed by atoms with Gasteiger partial charge in [-0.3, -0.25) is 10.1 Å². The van der Waals surface area contributed by atoms with Gasteiger partial charge in [0, 0.05) is 29.2 Å². The summed E-state index contributed by atoms with van der Waals surface area (Å²) in [6, 6.07) is 13.1. The number of benzene rings is 2. The summed E-state index contributed by atoms with van der Waals surface area (Å²) in [4.78, 5) is 10.6. The Bertz CT molecular complexity index is 641. The molecule has 0 aliphatic carbocycles. The first-order valence-electron chi connectivity index (χ1n) is 6.70. The van der Waals surface area contributed by atoms with Crippen LogP contribution in [-0.4, -0.2) is 4.92 Å². The van der Waals surface area contributed by atoms with Gasteiger partial charge in [-0.15, -0.1) is 0 Å². The fourth-order valence-corrected chi connectivity index (χ4v) is 2.23. The summed E-state index contributed by atoms with van der Waals surface area (Å²) in [5, 5.41) is 15.0. The molecule has 110 valence electrons. The zero-order valence-electron chi connectivity index (χ0n) is 12.0. The average Bonchev–Trinajstić information content (AvgIpc) is 2.46. The van der Waals surface area contributed by atoms with Gasteiger partial charge < -0.3 is 5.32 Å². The first-order valence-corrected chi connectivity index (χ1v) is 7.08. The molecular weight excluding hydrogens is 288 g/mol. The standard InChI is InChI=1S/C16H17ClN2O2/c1-11-3-4-13(9-16(11)19(20)21)10-18-12(2)14-5-7-15(17)8-6-14/h3-9,12,18H,10H2,1-2H3. The fraction of sp³-hybridized carbons (Fsp3) is 0.250. The van der Waals surface area contributed by atoms with E-state index >= 15 is 0 Å². The summed E-state index contributed by atoms with van der Waals surface area (Å²) in [7, 11) is 0. The molecular formula is C16H17ClN2O2. The van der Waals surface area contributed by atoms with Crippen LogP contribution in [0.4, 0.5) is 5.69 Å². The smallest absolute Gasteiger partial charge is 0.272 e. The minimum absolute atomic E-state index is 0.141. The number of nitro groups is 1. The number of hydrogen-bond acceptors (Lipinski definition) is 3. The van der Waals surface area contributed by atoms with Gasteiger partial charge in [0.05, 0.1) is 4.92 Å². The van der Waals surface area contributed by atoms with Gasteiger partial charge in [0.1, 0.15) is 0 Å². The monoisotopic (exact) mass is 304 g/mol. The van der Waals surface area contributed by atoms with Crippen LogP contribution in [0.3, 0.4) is 0 Å². The van der Waals surface area contributed by atoms with Crippen LogP contribution in [0.25, 0.3) is 0 Å². The van der Waals surface area contributed by atoms with E-state index in [9.17, 15) is 10.1 Å². The van der Waals surface area contributed by atoms with E-state index in [2.05, 4.69) is 5.32 Å². The van der Waals surface area contributed by atoms with Gasteiger partial charge in [0.25, 0.3) is 5.69 Å². The van der Waals surface area contributed by atoms with Crippen molar-refractivity contribution < 1.29 is 4.92 Å². The van der Waals surface area contributed by atoms with Crippen LogP contribution >= 0.6 is 11.6 Å². The van der Waals surface area contributed by atoms with Crippen LogP contribution in [-0.2, 0) is 6.54 Å². The van der Waals surface area contributed by atoms with E-state index in [4.69, 9.17) is 11.6 Å². The molecule has 0 saturated heterocycles. The number of nitrogens with zero attached hydrogens (tertiary/aromatic N) is 1. The number of hydrogen-bond donors (Lipinski definition) is 1. The highest BCUT2D eigenvalue weighted by Crippen LogP contribution is 2.20. The lowest BCUT2D eigenvalue weighted by atomic mass is 10.1. The summed E-state index contributed by atoms with van der Waals surface area (Å²) < 4.78 is 0. The molecule has 2 rings (SSSR count). The van der Waals surface area contributed by atoms with Crippen molar-refractivity contribution in [1.82, 2.24) is 5.32 Å². The van der Waals surface area contributed by atoms with E-state index < -0.39 is 0 Å². The highest BCUT2D eigenvalue weighted by Gasteiger charge is 2.11. The Hall–Kier alpha value is -1.91. The van der Waals surface area contributed by atoms with Gasteiger partial charge in [-0.1, -0.05) is 35.9 Å². The molecule has 1 atom stereocenters. The lowest BCUT2D eigenvalue weighted by Crippen LogP contribution is -2.18. The van der Waals surface area contributed by atoms with Crippen molar-refractivity contribution in [3.05, 3.63) is 74.3 Å². The summed E-state index contributed by atoms with van der Waals surface area (Å²) in [6.45, 7) is 4.36. The van der Waals surface area contributed by atoms with Gasteiger partial charge in [-0.2, -0.15) is 0 Å². The summed E-state index contributed by atoms with van der Waals surface area (Å²) in [6.07, 6.45) is 0. The zero-order valence-corrected chi connectivity index (χ0v) is 12.7. The van der Waals surface area contributed by atoms with Crippen LogP contribution in [0.2, 0.25) is 5.02 Å². The maximum Gasteiger partial charge on any atom is 0.272 e. The van der Waals surface area contributed by atoms with E-state index in [1.165, 1.54) is 0 Å². The molecule has 0 amide bonds. The third kappa shape index (κ3) is 4.03. The van der Waals surface area contributed by atoms with Gasteiger partial charge in [0.15, 0.2) is 0 Å². The van der Waals surface area contributed by atoms with Gasteiger partial charge in [0.2, 0.25) is 0 Å². The van der Waals surface area contributed by atoms with E-state index in [1.54, 1.807) is 19.1 Å². The quantitative estimate of drug-likeness (QED) is 0.657. The minimum Gasteiger partial charge on any atom is -0.306 e. The molecule has 0 aliphatic rings. The van der Waals surface area contributed by atoms with Gasteiger partial charge >= 0.3 is 0 Å². The predicted molar refractivity (Wildman–Crippen MR) is 84.5 cm³/mol. The summed E-state index contributed by atoms with van der Waals surface area (Å²) >= 11 is 5.87. The second-order valence-electron chi connectivity index (χ2n) is 5.03. The van der Waals surface area contributed by atoms with Gasteiger partial charge in [-0.05, 0) is 37.1 Å². The van der Waals surface area contributed by atoms with Crippen LogP contribution < -0.4 is 5.32 Å². The molecule has 1 N–H and O–H groups in total. The average molecular weight is 305 g/mol. The summed E-state index contributed by atoms with van der Waals surface area (Å²) in [5.41, 5.74) is 2.86. The lowest BCUT2D eigenvalue weighted by Gasteiger charge is -2.14. The van der Waals surface area contributed by atoms with Crippen LogP contribution in [0, 0.1) is 17.0 Å². The molecule has 1 unspecified atom stereocenters. The number of halogens is 1. The molecule has 0 heterocycles. The number of nitro benzene ring substituents is 1. The molecule has 21 heavy (non-hydrogen) atoms. The molecule has 5 heteroatoms. The first kappa shape index (κ1) is 15.5. The maximum absolute atomic E-state index is 10.9. The van der Waals surface area contributed by atoms with Crippen molar-refractivity contribution in [2.24, 2.45) is 0 Å². The Morgan fingerprint density at radius 3 is 2.52 bits per heavy atom. The number of aryl methyl sites for hydroxylation is 1. The fourth-order valence-electron chi connectivity index (χ4n) is 2.10. The largest absolute Gasteiger partial charge is 0.306 e. The van der Waals surface area contributed by atoms with Crippen molar-refractivity contribution in [3.8, 4) is 0 Å². The molecule has 0 saturated carbocycles. The summed E-state index contributed by atoms with van der Waals surface area (Å²) in [5.74, 6) is 0. The minimum atomic E-state index is -0.346. The van der Waals surface area contributed by atoms with E-state index in [0.29, 0.717) is 17.1 Å². The molecule has 2 aromatic carbocycles. The number of rotatable bonds is 5. The molecule has 0 fully saturated rings. The topological polar surface area (TPSA) is 55.2 Å². The third-order valence-corrected chi connectivity index (χ3v) is 3.70. The first-order chi connectivity index (χ1) is 9.97. The Kier molecular flexibility index (Phi) is 4.94. The van der Waals surface area contributed by atoms with E-state index in [1.807, 2.05) is 37.3 Å². The zero-order chi connectivity index (χ0) is 15.4. The SMILES string of the molecule is Cc1ccc(CNC(C)c2ccc(Cl)cc2)cc1[N+](=O)[O-]. The van der Waals surface area contributed by atoms with Crippen LogP contribution in [0.5, 0.6) is 0 Å². The van der Waals surface area contributed by atoms with Gasteiger partial charge in [-0.25, -0.2) is 0 Å².